The van der Waals surface area contributed by atoms with Crippen molar-refractivity contribution in [2.24, 2.45) is 0 Å². The van der Waals surface area contributed by atoms with E-state index < -0.39 is 50.7 Å². The predicted octanol–water partition coefficient (Wildman–Crippen LogP) is 21.5. The minimum atomic E-state index is -0.476. The molecule has 0 radical (unpaired) electrons. The number of hydrogen-bond donors (Lipinski definition) is 0. The average Bonchev–Trinajstić information content (AvgIpc) is 1.62. The van der Waals surface area contributed by atoms with Crippen molar-refractivity contribution >= 4 is 105 Å². The quantitative estimate of drug-likeness (QED) is 0.104. The van der Waals surface area contributed by atoms with Crippen molar-refractivity contribution in [3.63, 3.8) is 0 Å². The summed E-state index contributed by atoms with van der Waals surface area (Å²) in [6.07, 6.45) is 0. The second-order valence-electron chi connectivity index (χ2n) is 30.2. The number of halogens is 2. The van der Waals surface area contributed by atoms with Crippen molar-refractivity contribution in [2.75, 3.05) is 9.80 Å². The molecule has 16 heteroatoms. The van der Waals surface area contributed by atoms with Crippen LogP contribution in [0, 0.1) is 0 Å². The van der Waals surface area contributed by atoms with Crippen LogP contribution in [0.3, 0.4) is 0 Å². The molecule has 4 aliphatic rings. The Morgan fingerprint density at radius 3 is 0.610 bits per heavy atom. The van der Waals surface area contributed by atoms with Gasteiger partial charge in [0.1, 0.15) is 0 Å². The fourth-order valence-electron chi connectivity index (χ4n) is 12.2. The summed E-state index contributed by atoms with van der Waals surface area (Å²) in [5.41, 5.74) is 15.0. The number of nitrogens with zero attached hydrogens (tertiary/aromatic N) is 2. The van der Waals surface area contributed by atoms with Crippen LogP contribution in [0.15, 0.2) is 264 Å². The zero-order chi connectivity index (χ0) is 71.2. The molecular weight excluding hydrogens is 1370 g/mol. The molecule has 10 aromatic rings. The molecule has 0 saturated carbocycles. The Morgan fingerprint density at radius 2 is 0.390 bits per heavy atom. The molecule has 4 aliphatic heterocycles. The lowest BCUT2D eigenvalue weighted by Crippen LogP contribution is -2.41. The van der Waals surface area contributed by atoms with Crippen LogP contribution in [-0.2, 0) is 37.2 Å². The monoisotopic (exact) mass is 1460 g/mol. The van der Waals surface area contributed by atoms with Crippen molar-refractivity contribution in [3.05, 3.63) is 264 Å². The van der Waals surface area contributed by atoms with Gasteiger partial charge in [0.05, 0.1) is 44.8 Å². The van der Waals surface area contributed by atoms with Crippen LogP contribution >= 0.6 is 31.9 Å². The minimum absolute atomic E-state index is 0. The molecule has 100 heavy (non-hydrogen) atoms. The highest BCUT2D eigenvalue weighted by Crippen LogP contribution is 2.45. The topological polar surface area (TPSA) is 80.3 Å². The first-order valence-corrected chi connectivity index (χ1v) is 36.1. The van der Waals surface area contributed by atoms with Gasteiger partial charge in [-0.05, 0) is 263 Å². The van der Waals surface area contributed by atoms with Gasteiger partial charge in [-0.1, -0.05) is 190 Å². The van der Waals surface area contributed by atoms with E-state index in [0.717, 1.165) is 59.6 Å². The SMILES string of the molecule is Brc1ccc(N(c2ccc(Br)cc2)c2ccc(-c3ccc(-c4ccccc4)cc3)cc2)cc1.CC1(C)OB(B2OC(C)(C)C(C)(C)O2)OC1(C)C.CC1(C)OB(c2ccc(N(c3ccc(B4OC(C)(C)C(C)(C)O4)cc3)c3ccc(-c4ccc(-c5ccccc5)cc4)cc3)cc2)OC1(C)C.[2H-]. The molecule has 512 valence electrons. The van der Waals surface area contributed by atoms with Crippen LogP contribution in [0.5, 0.6) is 0 Å². The van der Waals surface area contributed by atoms with Crippen LogP contribution in [-0.4, -0.2) is 73.1 Å². The van der Waals surface area contributed by atoms with Gasteiger partial charge >= 0.3 is 28.3 Å². The molecule has 4 fully saturated rings. The lowest BCUT2D eigenvalue weighted by molar-refractivity contribution is 0.00578. The molecule has 0 spiro atoms. The molecule has 0 aliphatic carbocycles. The van der Waals surface area contributed by atoms with Gasteiger partial charge in [0.2, 0.25) is 0 Å². The second-order valence-corrected chi connectivity index (χ2v) is 32.0. The molecule has 14 rings (SSSR count). The van der Waals surface area contributed by atoms with E-state index in [4.69, 9.17) is 37.2 Å². The molecule has 10 nitrogen and oxygen atoms in total. The number of hydrogen-bond acceptors (Lipinski definition) is 10. The smallest absolute Gasteiger partial charge is 0.494 e. The molecule has 10 aromatic carbocycles. The van der Waals surface area contributed by atoms with E-state index in [9.17, 15) is 0 Å². The number of benzene rings is 10. The molecule has 0 amide bonds. The summed E-state index contributed by atoms with van der Waals surface area (Å²) in [4.78, 5) is 4.53. The fraction of sp³-hybridized carbons (Fsp3) is 0.286. The summed E-state index contributed by atoms with van der Waals surface area (Å²) >= 11 is 7.09. The minimum Gasteiger partial charge on any atom is -1.00 e. The molecular formula is C84H91B4Br2N2O8-. The van der Waals surface area contributed by atoms with Crippen molar-refractivity contribution in [1.29, 1.82) is 0 Å². The summed E-state index contributed by atoms with van der Waals surface area (Å²) in [6, 6.07) is 89.8. The molecule has 0 atom stereocenters. The van der Waals surface area contributed by atoms with Gasteiger partial charge in [-0.15, -0.1) is 0 Å². The molecule has 4 saturated heterocycles. The molecule has 0 bridgehead atoms. The van der Waals surface area contributed by atoms with Gasteiger partial charge < -0.3 is 48.5 Å². The summed E-state index contributed by atoms with van der Waals surface area (Å²) in [7, 11) is -1.79. The Labute approximate surface area is 613 Å². The third-order valence-electron chi connectivity index (χ3n) is 21.2. The van der Waals surface area contributed by atoms with E-state index in [1.54, 1.807) is 0 Å². The highest BCUT2D eigenvalue weighted by Gasteiger charge is 2.64. The van der Waals surface area contributed by atoms with Gasteiger partial charge in [0, 0.05) is 43.1 Å². The average molecular weight is 1460 g/mol. The first kappa shape index (κ1) is 72.5. The zero-order valence-corrected chi connectivity index (χ0v) is 63.6. The Hall–Kier alpha value is -7.30. The lowest BCUT2D eigenvalue weighted by Gasteiger charge is -2.32. The van der Waals surface area contributed by atoms with Gasteiger partial charge in [0.25, 0.3) is 0 Å². The van der Waals surface area contributed by atoms with Crippen molar-refractivity contribution in [3.8, 4) is 44.5 Å². The van der Waals surface area contributed by atoms with Crippen molar-refractivity contribution < 1.29 is 38.7 Å². The standard InChI is InChI=1S/C42H45B2NO4.C30H21Br2N.C12H24B2O4.H/c1-39(2)40(3,4)47-43(46-39)34-20-26-37(27-21-34)45(38-28-22-35(23-29-38)44-48-41(5,6)42(7,8)49-44)36-24-18-33(19-25-36)32-16-14-31(15-17-32)30-12-10-9-11-13-30;31-26-12-18-29(19-13-26)33(30-20-14-27(32)15-21-30)28-16-10-25(11-17-28)24-8-6-23(7-9-24)22-4-2-1-3-5-22;1-9(2)10(3,4)16-13(15-9)14-17-11(5,6)12(7,8)18-14;/h9-29H,1-8H3;1-21H;1-8H3;/q;;;-1/i;;;1+1. The van der Waals surface area contributed by atoms with Gasteiger partial charge in [-0.3, -0.25) is 0 Å². The predicted molar refractivity (Wildman–Crippen MR) is 424 cm³/mol. The van der Waals surface area contributed by atoms with Crippen LogP contribution in [0.4, 0.5) is 34.1 Å². The third kappa shape index (κ3) is 15.5. The van der Waals surface area contributed by atoms with Crippen molar-refractivity contribution in [2.45, 2.75) is 156 Å². The maximum atomic E-state index is 6.34. The van der Waals surface area contributed by atoms with E-state index in [1.807, 2.05) is 67.5 Å². The Morgan fingerprint density at radius 1 is 0.220 bits per heavy atom. The Kier molecular flexibility index (Phi) is 20.7. The van der Waals surface area contributed by atoms with Crippen LogP contribution in [0.1, 0.15) is 112 Å². The normalized spacial score (nSPS) is 18.5. The molecule has 0 N–H and O–H groups in total. The van der Waals surface area contributed by atoms with Gasteiger partial charge in [0.15, 0.2) is 0 Å². The lowest BCUT2D eigenvalue weighted by atomic mass is 9.49. The van der Waals surface area contributed by atoms with Crippen LogP contribution in [0.25, 0.3) is 44.5 Å². The summed E-state index contributed by atoms with van der Waals surface area (Å²) in [6.45, 7) is 32.9. The Balaban J connectivity index is 0.000000169. The molecule has 4 heterocycles. The Bertz CT molecular complexity index is 4180. The van der Waals surface area contributed by atoms with Gasteiger partial charge in [-0.2, -0.15) is 0 Å². The third-order valence-corrected chi connectivity index (χ3v) is 22.2. The summed E-state index contributed by atoms with van der Waals surface area (Å²) in [5, 5.41) is 0. The van der Waals surface area contributed by atoms with Gasteiger partial charge in [-0.25, -0.2) is 0 Å². The molecule has 0 unspecified atom stereocenters. The highest BCUT2D eigenvalue weighted by atomic mass is 79.9. The second kappa shape index (κ2) is 28.5. The maximum Gasteiger partial charge on any atom is 0.494 e. The highest BCUT2D eigenvalue weighted by molar-refractivity contribution is 9.10. The first-order valence-electron chi connectivity index (χ1n) is 34.5. The largest absolute Gasteiger partial charge is 1.00 e. The maximum absolute atomic E-state index is 6.34. The van der Waals surface area contributed by atoms with E-state index >= 15 is 0 Å². The fourth-order valence-corrected chi connectivity index (χ4v) is 12.7. The summed E-state index contributed by atoms with van der Waals surface area (Å²) in [5.74, 6) is 0. The first-order chi connectivity index (χ1) is 47.3. The zero-order valence-electron chi connectivity index (χ0n) is 61.5. The van der Waals surface area contributed by atoms with E-state index in [1.165, 1.54) is 38.9 Å². The number of anilines is 6. The van der Waals surface area contributed by atoms with Crippen LogP contribution < -0.4 is 20.7 Å². The van der Waals surface area contributed by atoms with Crippen molar-refractivity contribution in [1.82, 2.24) is 0 Å². The van der Waals surface area contributed by atoms with E-state index in [2.05, 4.69) is 340 Å². The van der Waals surface area contributed by atoms with Crippen LogP contribution in [0.2, 0.25) is 0 Å². The summed E-state index contributed by atoms with van der Waals surface area (Å²) < 4.78 is 51.3. The van der Waals surface area contributed by atoms with E-state index in [-0.39, 0.29) is 23.8 Å². The van der Waals surface area contributed by atoms with E-state index in [0.29, 0.717) is 0 Å². The molecule has 0 aromatic heterocycles. The number of rotatable bonds is 13.